The molecule has 154 valence electrons. The van der Waals surface area contributed by atoms with Crippen LogP contribution in [-0.2, 0) is 0 Å². The van der Waals surface area contributed by atoms with E-state index in [1.54, 1.807) is 25.3 Å². The van der Waals surface area contributed by atoms with Crippen LogP contribution in [0.4, 0.5) is 4.39 Å². The first-order chi connectivity index (χ1) is 13.0. The SMILES string of the molecule is CCNC(=NCC(O)c1ccccc1F)NC(C)c1cc(C)ccc1OC.I. The van der Waals surface area contributed by atoms with Crippen molar-refractivity contribution in [1.29, 1.82) is 0 Å². The van der Waals surface area contributed by atoms with Crippen LogP contribution in [0.3, 0.4) is 0 Å². The van der Waals surface area contributed by atoms with E-state index in [-0.39, 0.29) is 42.1 Å². The summed E-state index contributed by atoms with van der Waals surface area (Å²) in [7, 11) is 1.64. The Morgan fingerprint density at radius 2 is 1.93 bits per heavy atom. The lowest BCUT2D eigenvalue weighted by Gasteiger charge is -2.21. The molecule has 3 N–H and O–H groups in total. The first-order valence-electron chi connectivity index (χ1n) is 9.08. The van der Waals surface area contributed by atoms with Gasteiger partial charge in [0.1, 0.15) is 17.7 Å². The third-order valence-electron chi connectivity index (χ3n) is 4.24. The van der Waals surface area contributed by atoms with E-state index in [9.17, 15) is 9.50 Å². The number of aryl methyl sites for hydroxylation is 1. The molecule has 2 atom stereocenters. The van der Waals surface area contributed by atoms with Crippen LogP contribution < -0.4 is 15.4 Å². The molecule has 7 heteroatoms. The average molecular weight is 501 g/mol. The zero-order valence-electron chi connectivity index (χ0n) is 16.7. The highest BCUT2D eigenvalue weighted by Gasteiger charge is 2.15. The molecule has 2 aromatic carbocycles. The molecule has 28 heavy (non-hydrogen) atoms. The number of guanidine groups is 1. The molecule has 0 fully saturated rings. The van der Waals surface area contributed by atoms with Crippen LogP contribution in [0.25, 0.3) is 0 Å². The Labute approximate surface area is 183 Å². The average Bonchev–Trinajstić information content (AvgIpc) is 2.66. The maximum Gasteiger partial charge on any atom is 0.191 e. The third-order valence-corrected chi connectivity index (χ3v) is 4.24. The summed E-state index contributed by atoms with van der Waals surface area (Å²) >= 11 is 0. The molecule has 0 aromatic heterocycles. The van der Waals surface area contributed by atoms with Crippen LogP contribution in [0.5, 0.6) is 5.75 Å². The summed E-state index contributed by atoms with van der Waals surface area (Å²) in [5.74, 6) is 0.905. The minimum Gasteiger partial charge on any atom is -0.496 e. The Balaban J connectivity index is 0.00000392. The fraction of sp³-hybridized carbons (Fsp3) is 0.381. The number of nitrogens with zero attached hydrogens (tertiary/aromatic N) is 1. The first kappa shape index (κ1) is 24.2. The number of aliphatic hydroxyl groups is 1. The number of nitrogens with one attached hydrogen (secondary N) is 2. The van der Waals surface area contributed by atoms with Crippen LogP contribution in [0, 0.1) is 12.7 Å². The second-order valence-electron chi connectivity index (χ2n) is 6.37. The molecule has 0 radical (unpaired) electrons. The van der Waals surface area contributed by atoms with Crippen molar-refractivity contribution < 1.29 is 14.2 Å². The van der Waals surface area contributed by atoms with Gasteiger partial charge in [0.25, 0.3) is 0 Å². The molecule has 0 saturated carbocycles. The van der Waals surface area contributed by atoms with E-state index in [0.29, 0.717) is 12.5 Å². The van der Waals surface area contributed by atoms with Crippen LogP contribution >= 0.6 is 24.0 Å². The normalized spacial score (nSPS) is 13.3. The molecule has 2 rings (SSSR count). The lowest BCUT2D eigenvalue weighted by molar-refractivity contribution is 0.182. The molecule has 5 nitrogen and oxygen atoms in total. The van der Waals surface area contributed by atoms with E-state index >= 15 is 0 Å². The lowest BCUT2D eigenvalue weighted by atomic mass is 10.0. The van der Waals surface area contributed by atoms with Crippen molar-refractivity contribution in [2.45, 2.75) is 32.9 Å². The highest BCUT2D eigenvalue weighted by molar-refractivity contribution is 14.0. The van der Waals surface area contributed by atoms with Gasteiger partial charge in [-0.05, 0) is 32.9 Å². The van der Waals surface area contributed by atoms with Crippen LogP contribution in [0.2, 0.25) is 0 Å². The molecule has 2 unspecified atom stereocenters. The Bertz CT molecular complexity index is 786. The fourth-order valence-electron chi connectivity index (χ4n) is 2.82. The second-order valence-corrected chi connectivity index (χ2v) is 6.37. The van der Waals surface area contributed by atoms with Gasteiger partial charge in [0.2, 0.25) is 0 Å². The molecule has 0 bridgehead atoms. The lowest BCUT2D eigenvalue weighted by Crippen LogP contribution is -2.39. The van der Waals surface area contributed by atoms with Gasteiger partial charge < -0.3 is 20.5 Å². The molecule has 0 aliphatic rings. The van der Waals surface area contributed by atoms with Gasteiger partial charge >= 0.3 is 0 Å². The minimum atomic E-state index is -1.01. The number of aliphatic hydroxyl groups excluding tert-OH is 1. The smallest absolute Gasteiger partial charge is 0.191 e. The first-order valence-corrected chi connectivity index (χ1v) is 9.08. The van der Waals surface area contributed by atoms with Crippen molar-refractivity contribution in [3.8, 4) is 5.75 Å². The van der Waals surface area contributed by atoms with Gasteiger partial charge in [0.15, 0.2) is 5.96 Å². The summed E-state index contributed by atoms with van der Waals surface area (Å²) in [6.07, 6.45) is -1.01. The fourth-order valence-corrected chi connectivity index (χ4v) is 2.82. The summed E-state index contributed by atoms with van der Waals surface area (Å²) in [4.78, 5) is 4.41. The van der Waals surface area contributed by atoms with E-state index in [1.165, 1.54) is 6.07 Å². The largest absolute Gasteiger partial charge is 0.496 e. The van der Waals surface area contributed by atoms with Crippen LogP contribution in [0.15, 0.2) is 47.5 Å². The monoisotopic (exact) mass is 501 g/mol. The predicted octanol–water partition coefficient (Wildman–Crippen LogP) is 4.11. The van der Waals surface area contributed by atoms with E-state index in [2.05, 4.69) is 21.7 Å². The zero-order chi connectivity index (χ0) is 19.8. The Hall–Kier alpha value is -1.87. The summed E-state index contributed by atoms with van der Waals surface area (Å²) in [5.41, 5.74) is 2.39. The topological polar surface area (TPSA) is 65.9 Å². The second kappa shape index (κ2) is 11.9. The van der Waals surface area contributed by atoms with Gasteiger partial charge in [0.05, 0.1) is 19.7 Å². The molecule has 0 aliphatic carbocycles. The van der Waals surface area contributed by atoms with Gasteiger partial charge in [-0.3, -0.25) is 4.99 Å². The molecular weight excluding hydrogens is 472 g/mol. The summed E-state index contributed by atoms with van der Waals surface area (Å²) in [6, 6.07) is 12.1. The number of hydrogen-bond acceptors (Lipinski definition) is 3. The maximum atomic E-state index is 13.8. The van der Waals surface area contributed by atoms with E-state index in [1.807, 2.05) is 32.9 Å². The molecule has 0 heterocycles. The quantitative estimate of drug-likeness (QED) is 0.304. The van der Waals surface area contributed by atoms with Gasteiger partial charge in [0, 0.05) is 17.7 Å². The predicted molar refractivity (Wildman–Crippen MR) is 122 cm³/mol. The van der Waals surface area contributed by atoms with Crippen molar-refractivity contribution >= 4 is 29.9 Å². The van der Waals surface area contributed by atoms with Gasteiger partial charge in [-0.1, -0.05) is 35.9 Å². The van der Waals surface area contributed by atoms with E-state index in [0.717, 1.165) is 16.9 Å². The number of hydrogen-bond donors (Lipinski definition) is 3. The zero-order valence-corrected chi connectivity index (χ0v) is 19.0. The van der Waals surface area contributed by atoms with Crippen molar-refractivity contribution in [3.63, 3.8) is 0 Å². The van der Waals surface area contributed by atoms with E-state index < -0.39 is 11.9 Å². The number of benzene rings is 2. The van der Waals surface area contributed by atoms with Crippen molar-refractivity contribution in [3.05, 3.63) is 65.0 Å². The number of rotatable bonds is 7. The summed E-state index contributed by atoms with van der Waals surface area (Å²) in [5, 5.41) is 16.7. The van der Waals surface area contributed by atoms with Gasteiger partial charge in [-0.25, -0.2) is 4.39 Å². The standard InChI is InChI=1S/C21H28FN3O2.HI/c1-5-23-21(24-13-19(26)16-8-6-7-9-18(16)22)25-15(3)17-12-14(2)10-11-20(17)27-4;/h6-12,15,19,26H,5,13H2,1-4H3,(H2,23,24,25);1H. The van der Waals surface area contributed by atoms with Crippen molar-refractivity contribution in [2.24, 2.45) is 4.99 Å². The van der Waals surface area contributed by atoms with E-state index in [4.69, 9.17) is 4.74 Å². The van der Waals surface area contributed by atoms with Crippen LogP contribution in [-0.4, -0.2) is 31.3 Å². The van der Waals surface area contributed by atoms with Gasteiger partial charge in [-0.2, -0.15) is 0 Å². The van der Waals surface area contributed by atoms with Gasteiger partial charge in [-0.15, -0.1) is 24.0 Å². The highest BCUT2D eigenvalue weighted by Crippen LogP contribution is 2.26. The molecule has 2 aromatic rings. The number of aliphatic imine (C=N–C) groups is 1. The molecule has 0 amide bonds. The third kappa shape index (κ3) is 6.63. The minimum absolute atomic E-state index is 0. The number of halogens is 2. The molecular formula is C21H29FIN3O2. The molecule has 0 aliphatic heterocycles. The van der Waals surface area contributed by atoms with Crippen molar-refractivity contribution in [2.75, 3.05) is 20.2 Å². The maximum absolute atomic E-state index is 13.8. The molecule has 0 saturated heterocycles. The highest BCUT2D eigenvalue weighted by atomic mass is 127. The number of ether oxygens (including phenoxy) is 1. The van der Waals surface area contributed by atoms with Crippen molar-refractivity contribution in [1.82, 2.24) is 10.6 Å². The molecule has 0 spiro atoms. The Morgan fingerprint density at radius 3 is 2.57 bits per heavy atom. The Morgan fingerprint density at radius 1 is 1.21 bits per heavy atom. The van der Waals surface area contributed by atoms with Crippen LogP contribution in [0.1, 0.15) is 42.7 Å². The summed E-state index contributed by atoms with van der Waals surface area (Å²) < 4.78 is 19.3. The number of methoxy groups -OCH3 is 1. The Kier molecular flexibility index (Phi) is 10.2. The summed E-state index contributed by atoms with van der Waals surface area (Å²) in [6.45, 7) is 6.72.